The summed E-state index contributed by atoms with van der Waals surface area (Å²) in [5, 5.41) is 4.46. The number of aromatic nitrogens is 2. The predicted octanol–water partition coefficient (Wildman–Crippen LogP) is 5.52. The minimum absolute atomic E-state index is 0.0575. The highest BCUT2D eigenvalue weighted by molar-refractivity contribution is 6.33. The van der Waals surface area contributed by atoms with Gasteiger partial charge in [-0.05, 0) is 50.5 Å². The van der Waals surface area contributed by atoms with Crippen LogP contribution in [0.4, 0.5) is 11.5 Å². The molecule has 1 aliphatic heterocycles. The lowest BCUT2D eigenvalue weighted by Gasteiger charge is -2.41. The van der Waals surface area contributed by atoms with E-state index in [0.29, 0.717) is 64.6 Å². The average molecular weight is 563 g/mol. The van der Waals surface area contributed by atoms with Crippen molar-refractivity contribution in [3.63, 3.8) is 0 Å². The van der Waals surface area contributed by atoms with E-state index in [0.717, 1.165) is 17.7 Å². The van der Waals surface area contributed by atoms with Crippen LogP contribution in [0.2, 0.25) is 5.02 Å². The van der Waals surface area contributed by atoms with Crippen LogP contribution in [0.5, 0.6) is 0 Å². The van der Waals surface area contributed by atoms with Gasteiger partial charge in [-0.3, -0.25) is 19.5 Å². The zero-order valence-corrected chi connectivity index (χ0v) is 24.6. The van der Waals surface area contributed by atoms with E-state index in [1.54, 1.807) is 29.8 Å². The fraction of sp³-hybridized carbons (Fsp3) is 0.367. The average Bonchev–Trinajstić information content (AvgIpc) is 3.28. The molecule has 0 saturated carbocycles. The minimum Gasteiger partial charge on any atom is -0.361 e. The number of amides is 2. The van der Waals surface area contributed by atoms with Crippen molar-refractivity contribution in [3.05, 3.63) is 70.6 Å². The van der Waals surface area contributed by atoms with Crippen molar-refractivity contribution in [1.29, 1.82) is 0 Å². The van der Waals surface area contributed by atoms with Crippen LogP contribution in [0.15, 0.2) is 52.5 Å². The van der Waals surface area contributed by atoms with Gasteiger partial charge in [-0.25, -0.2) is 4.98 Å². The molecule has 0 spiro atoms. The summed E-state index contributed by atoms with van der Waals surface area (Å²) in [6, 6.07) is 9.51. The Kier molecular flexibility index (Phi) is 8.73. The van der Waals surface area contributed by atoms with Crippen LogP contribution >= 0.6 is 11.6 Å². The van der Waals surface area contributed by atoms with Gasteiger partial charge in [0, 0.05) is 32.7 Å². The Morgan fingerprint density at radius 3 is 2.58 bits per heavy atom. The predicted molar refractivity (Wildman–Crippen MR) is 158 cm³/mol. The lowest BCUT2D eigenvalue weighted by atomic mass is 10.00. The molecule has 1 aromatic carbocycles. The summed E-state index contributed by atoms with van der Waals surface area (Å²) in [5.74, 6) is 1.65. The molecule has 4 rings (SSSR count). The molecule has 2 amide bonds. The largest absolute Gasteiger partial charge is 0.361 e. The van der Waals surface area contributed by atoms with E-state index in [-0.39, 0.29) is 17.9 Å². The number of carbonyl (C=O) groups excluding carboxylic acids is 2. The summed E-state index contributed by atoms with van der Waals surface area (Å²) in [6.07, 6.45) is 2.11. The summed E-state index contributed by atoms with van der Waals surface area (Å²) in [5.41, 5.74) is 4.11. The fourth-order valence-electron chi connectivity index (χ4n) is 5.24. The molecule has 3 heterocycles. The Balaban J connectivity index is 1.93. The van der Waals surface area contributed by atoms with E-state index in [1.165, 1.54) is 6.08 Å². The summed E-state index contributed by atoms with van der Waals surface area (Å²) >= 11 is 6.90. The third-order valence-electron chi connectivity index (χ3n) is 7.22. The first-order valence-electron chi connectivity index (χ1n) is 13.2. The molecule has 1 atom stereocenters. The molecule has 9 nitrogen and oxygen atoms in total. The van der Waals surface area contributed by atoms with Gasteiger partial charge in [0.15, 0.2) is 5.82 Å². The molecular weight excluding hydrogens is 528 g/mol. The van der Waals surface area contributed by atoms with Crippen LogP contribution in [-0.2, 0) is 9.59 Å². The van der Waals surface area contributed by atoms with E-state index in [9.17, 15) is 9.59 Å². The van der Waals surface area contributed by atoms with Crippen molar-refractivity contribution in [2.45, 2.75) is 46.6 Å². The first-order chi connectivity index (χ1) is 19.1. The van der Waals surface area contributed by atoms with Gasteiger partial charge in [-0.15, -0.1) is 0 Å². The summed E-state index contributed by atoms with van der Waals surface area (Å²) in [7, 11) is 1.70. The normalized spacial score (nSPS) is 15.9. The van der Waals surface area contributed by atoms with Gasteiger partial charge in [0.2, 0.25) is 12.3 Å². The number of amidine groups is 1. The first kappa shape index (κ1) is 29.0. The topological polar surface area (TPSA) is 95.1 Å². The molecule has 40 heavy (non-hydrogen) atoms. The van der Waals surface area contributed by atoms with Crippen molar-refractivity contribution in [2.75, 3.05) is 31.6 Å². The molecule has 0 N–H and O–H groups in total. The van der Waals surface area contributed by atoms with Crippen molar-refractivity contribution in [2.24, 2.45) is 4.99 Å². The van der Waals surface area contributed by atoms with Crippen molar-refractivity contribution in [3.8, 4) is 11.3 Å². The van der Waals surface area contributed by atoms with Crippen LogP contribution in [0.1, 0.15) is 49.3 Å². The smallest absolute Gasteiger partial charge is 0.246 e. The molecule has 1 fully saturated rings. The van der Waals surface area contributed by atoms with Crippen LogP contribution in [0.25, 0.3) is 11.3 Å². The monoisotopic (exact) mass is 562 g/mol. The molecule has 1 unspecified atom stereocenters. The third kappa shape index (κ3) is 5.38. The van der Waals surface area contributed by atoms with E-state index < -0.39 is 0 Å². The Hall–Kier alpha value is -3.98. The number of halogens is 1. The number of hydrogen-bond donors (Lipinski definition) is 0. The highest BCUT2D eigenvalue weighted by Crippen LogP contribution is 2.39. The molecule has 3 aromatic rings. The Morgan fingerprint density at radius 1 is 1.27 bits per heavy atom. The maximum Gasteiger partial charge on any atom is 0.246 e. The fourth-order valence-corrected chi connectivity index (χ4v) is 5.49. The van der Waals surface area contributed by atoms with Crippen LogP contribution in [0, 0.1) is 13.8 Å². The second-order valence-electron chi connectivity index (χ2n) is 10.2. The molecule has 0 radical (unpaired) electrons. The summed E-state index contributed by atoms with van der Waals surface area (Å²) in [4.78, 5) is 40.3. The van der Waals surface area contributed by atoms with Gasteiger partial charge in [0.1, 0.15) is 11.6 Å². The molecule has 1 saturated heterocycles. The minimum atomic E-state index is -0.104. The van der Waals surface area contributed by atoms with Gasteiger partial charge in [0.25, 0.3) is 0 Å². The van der Waals surface area contributed by atoms with Crippen LogP contribution in [0.3, 0.4) is 0 Å². The molecule has 2 aromatic heterocycles. The van der Waals surface area contributed by atoms with E-state index >= 15 is 0 Å². The number of benzene rings is 1. The van der Waals surface area contributed by atoms with E-state index in [4.69, 9.17) is 21.1 Å². The second-order valence-corrected chi connectivity index (χ2v) is 10.6. The molecular formula is C30H35ClN6O3. The molecule has 10 heteroatoms. The van der Waals surface area contributed by atoms with E-state index in [1.807, 2.05) is 38.1 Å². The second kappa shape index (κ2) is 12.0. The Bertz CT molecular complexity index is 1440. The van der Waals surface area contributed by atoms with Crippen LogP contribution < -0.4 is 4.90 Å². The van der Waals surface area contributed by atoms with Crippen molar-refractivity contribution < 1.29 is 14.1 Å². The zero-order valence-electron chi connectivity index (χ0n) is 23.8. The lowest BCUT2D eigenvalue weighted by Crippen LogP contribution is -2.55. The van der Waals surface area contributed by atoms with Gasteiger partial charge in [-0.2, -0.15) is 0 Å². The molecule has 210 valence electrons. The van der Waals surface area contributed by atoms with Gasteiger partial charge >= 0.3 is 0 Å². The number of hydrogen-bond acceptors (Lipinski definition) is 6. The number of piperazine rings is 1. The van der Waals surface area contributed by atoms with E-state index in [2.05, 4.69) is 35.5 Å². The third-order valence-corrected chi connectivity index (χ3v) is 7.50. The number of anilines is 2. The zero-order chi connectivity index (χ0) is 29.1. The molecule has 0 bridgehead atoms. The maximum absolute atomic E-state index is 12.9. The quantitative estimate of drug-likeness (QED) is 0.163. The number of nitrogens with zero attached hydrogens (tertiary/aromatic N) is 6. The van der Waals surface area contributed by atoms with Crippen molar-refractivity contribution >= 4 is 41.3 Å². The lowest BCUT2D eigenvalue weighted by molar-refractivity contribution is -0.128. The standard InChI is InChI=1S/C30H35ClN6O3/c1-8-26(39)35-13-14-36(19(4)16-35)29(32-7)23-15-24(31)28(27-20(5)34-40-21(27)6)33-30(23)37(17-38)25-12-10-9-11-22(25)18(2)3/h8-12,15,17-19H,1,13-14,16H2,2-7H3. The maximum atomic E-state index is 12.9. The number of aryl methyl sites for hydroxylation is 2. The number of carbonyl (C=O) groups is 2. The van der Waals surface area contributed by atoms with Gasteiger partial charge in [0.05, 0.1) is 33.2 Å². The van der Waals surface area contributed by atoms with Gasteiger partial charge < -0.3 is 14.3 Å². The molecule has 0 aliphatic carbocycles. The summed E-state index contributed by atoms with van der Waals surface area (Å²) in [6.45, 7) is 15.0. The van der Waals surface area contributed by atoms with Crippen LogP contribution in [-0.4, -0.2) is 70.8 Å². The Labute approximate surface area is 240 Å². The first-order valence-corrected chi connectivity index (χ1v) is 13.6. The van der Waals surface area contributed by atoms with Crippen molar-refractivity contribution in [1.82, 2.24) is 19.9 Å². The number of pyridine rings is 1. The number of rotatable bonds is 7. The number of para-hydroxylation sites is 1. The number of aliphatic imine (C=N–C) groups is 1. The Morgan fingerprint density at radius 2 is 2.00 bits per heavy atom. The summed E-state index contributed by atoms with van der Waals surface area (Å²) < 4.78 is 5.41. The highest BCUT2D eigenvalue weighted by Gasteiger charge is 2.32. The van der Waals surface area contributed by atoms with Gasteiger partial charge in [-0.1, -0.05) is 55.4 Å². The highest BCUT2D eigenvalue weighted by atomic mass is 35.5. The SMILES string of the molecule is C=CC(=O)N1CCN(C(=NC)c2cc(Cl)c(-c3c(C)noc3C)nc2N(C=O)c2ccccc2C(C)C)C(C)C1. The molecule has 1 aliphatic rings.